The Hall–Kier alpha value is -2.99. The fraction of sp³-hybridized carbons (Fsp3) is 0.318. The van der Waals surface area contributed by atoms with Gasteiger partial charge in [-0.1, -0.05) is 42.5 Å². The molecule has 2 aliphatic heterocycles. The van der Waals surface area contributed by atoms with Crippen molar-refractivity contribution in [3.05, 3.63) is 71.3 Å². The molecule has 0 unspecified atom stereocenters. The first kappa shape index (κ1) is 18.4. The average molecular weight is 377 g/mol. The molecule has 0 bridgehead atoms. The molecule has 2 heterocycles. The first-order valence-corrected chi connectivity index (χ1v) is 9.55. The summed E-state index contributed by atoms with van der Waals surface area (Å²) in [6, 6.07) is 17.1. The summed E-state index contributed by atoms with van der Waals surface area (Å²) in [5.74, 6) is -0.184. The van der Waals surface area contributed by atoms with Crippen LogP contribution in [0.3, 0.4) is 0 Å². The molecule has 0 aromatic heterocycles. The molecule has 6 heteroatoms. The van der Waals surface area contributed by atoms with Crippen LogP contribution in [0.25, 0.3) is 0 Å². The minimum absolute atomic E-state index is 0.0474. The van der Waals surface area contributed by atoms with Gasteiger partial charge in [-0.15, -0.1) is 0 Å². The summed E-state index contributed by atoms with van der Waals surface area (Å²) in [4.78, 5) is 39.5. The summed E-state index contributed by atoms with van der Waals surface area (Å²) in [7, 11) is 0. The molecule has 0 saturated carbocycles. The largest absolute Gasteiger partial charge is 0.336 e. The van der Waals surface area contributed by atoms with Crippen molar-refractivity contribution in [1.29, 1.82) is 0 Å². The summed E-state index contributed by atoms with van der Waals surface area (Å²) in [6.07, 6.45) is 0.570. The van der Waals surface area contributed by atoms with E-state index in [9.17, 15) is 14.4 Å². The molecular formula is C22H23N3O3. The van der Waals surface area contributed by atoms with Crippen molar-refractivity contribution in [2.24, 2.45) is 5.73 Å². The predicted molar refractivity (Wildman–Crippen MR) is 104 cm³/mol. The number of carbonyl (C=O) groups excluding carboxylic acids is 3. The molecule has 2 aliphatic rings. The molecule has 2 N–H and O–H groups in total. The van der Waals surface area contributed by atoms with Crippen molar-refractivity contribution in [3.63, 3.8) is 0 Å². The number of hydrogen-bond acceptors (Lipinski definition) is 4. The standard InChI is InChI=1S/C22H23N3O3/c23-19-14-24(13-18(19)16-4-2-1-3-5-16)22(28)17-8-6-15(7-9-17)12-25-20(26)10-11-21(25)27/h1-9,18-19H,10-14,23H2/t18-,19+/m0/s1. The number of nitrogens with zero attached hydrogens (tertiary/aromatic N) is 2. The highest BCUT2D eigenvalue weighted by Crippen LogP contribution is 2.27. The third-order valence-electron chi connectivity index (χ3n) is 5.58. The van der Waals surface area contributed by atoms with E-state index in [1.54, 1.807) is 29.2 Å². The normalized spacial score (nSPS) is 22.2. The van der Waals surface area contributed by atoms with E-state index in [1.807, 2.05) is 30.3 Å². The van der Waals surface area contributed by atoms with Crippen LogP contribution in [0.4, 0.5) is 0 Å². The van der Waals surface area contributed by atoms with Crippen molar-refractivity contribution in [2.75, 3.05) is 13.1 Å². The quantitative estimate of drug-likeness (QED) is 0.825. The Morgan fingerprint density at radius 1 is 0.929 bits per heavy atom. The zero-order valence-corrected chi connectivity index (χ0v) is 15.6. The van der Waals surface area contributed by atoms with Crippen LogP contribution >= 0.6 is 0 Å². The number of imide groups is 1. The molecule has 0 spiro atoms. The van der Waals surface area contributed by atoms with Crippen LogP contribution in [0.2, 0.25) is 0 Å². The first-order valence-electron chi connectivity index (χ1n) is 9.55. The van der Waals surface area contributed by atoms with Crippen LogP contribution in [0, 0.1) is 0 Å². The fourth-order valence-electron chi connectivity index (χ4n) is 3.96. The summed E-state index contributed by atoms with van der Waals surface area (Å²) < 4.78 is 0. The molecule has 3 amide bonds. The Morgan fingerprint density at radius 3 is 2.21 bits per heavy atom. The van der Waals surface area contributed by atoms with Gasteiger partial charge in [-0.2, -0.15) is 0 Å². The lowest BCUT2D eigenvalue weighted by molar-refractivity contribution is -0.139. The lowest BCUT2D eigenvalue weighted by atomic mass is 9.95. The Balaban J connectivity index is 1.42. The highest BCUT2D eigenvalue weighted by molar-refractivity contribution is 6.01. The second kappa shape index (κ2) is 7.56. The smallest absolute Gasteiger partial charge is 0.253 e. The number of benzene rings is 2. The number of likely N-dealkylation sites (tertiary alicyclic amines) is 2. The first-order chi connectivity index (χ1) is 13.5. The molecule has 2 atom stereocenters. The van der Waals surface area contributed by atoms with Gasteiger partial charge >= 0.3 is 0 Å². The number of hydrogen-bond donors (Lipinski definition) is 1. The van der Waals surface area contributed by atoms with Gasteiger partial charge in [0.2, 0.25) is 11.8 Å². The van der Waals surface area contributed by atoms with Crippen LogP contribution < -0.4 is 5.73 Å². The van der Waals surface area contributed by atoms with Gasteiger partial charge in [0.05, 0.1) is 6.54 Å². The molecule has 2 fully saturated rings. The SMILES string of the molecule is N[C@@H]1CN(C(=O)c2ccc(CN3C(=O)CCC3=O)cc2)C[C@H]1c1ccccc1. The van der Waals surface area contributed by atoms with E-state index in [-0.39, 0.29) is 49.1 Å². The Kier molecular flexibility index (Phi) is 4.96. The molecule has 28 heavy (non-hydrogen) atoms. The van der Waals surface area contributed by atoms with Gasteiger partial charge < -0.3 is 10.6 Å². The molecule has 2 aromatic carbocycles. The summed E-state index contributed by atoms with van der Waals surface area (Å²) in [6.45, 7) is 1.39. The predicted octanol–water partition coefficient (Wildman–Crippen LogP) is 1.90. The van der Waals surface area contributed by atoms with Crippen molar-refractivity contribution < 1.29 is 14.4 Å². The topological polar surface area (TPSA) is 83.7 Å². The Labute approximate surface area is 163 Å². The van der Waals surface area contributed by atoms with Crippen LogP contribution in [-0.4, -0.2) is 46.7 Å². The van der Waals surface area contributed by atoms with Gasteiger partial charge in [0.1, 0.15) is 0 Å². The maximum atomic E-state index is 12.9. The third-order valence-corrected chi connectivity index (χ3v) is 5.58. The van der Waals surface area contributed by atoms with Crippen LogP contribution in [0.5, 0.6) is 0 Å². The second-order valence-corrected chi connectivity index (χ2v) is 7.46. The van der Waals surface area contributed by atoms with Crippen molar-refractivity contribution in [2.45, 2.75) is 31.3 Å². The Morgan fingerprint density at radius 2 is 1.57 bits per heavy atom. The maximum Gasteiger partial charge on any atom is 0.253 e. The van der Waals surface area contributed by atoms with E-state index in [1.165, 1.54) is 4.90 Å². The zero-order chi connectivity index (χ0) is 19.7. The number of amides is 3. The van der Waals surface area contributed by atoms with E-state index in [2.05, 4.69) is 0 Å². The van der Waals surface area contributed by atoms with E-state index in [4.69, 9.17) is 5.73 Å². The summed E-state index contributed by atoms with van der Waals surface area (Å²) >= 11 is 0. The van der Waals surface area contributed by atoms with Crippen molar-refractivity contribution in [1.82, 2.24) is 9.80 Å². The van der Waals surface area contributed by atoms with Gasteiger partial charge in [-0.25, -0.2) is 0 Å². The van der Waals surface area contributed by atoms with Gasteiger partial charge in [-0.05, 0) is 23.3 Å². The van der Waals surface area contributed by atoms with Gasteiger partial charge in [0.15, 0.2) is 0 Å². The number of carbonyl (C=O) groups is 3. The van der Waals surface area contributed by atoms with Crippen LogP contribution in [0.15, 0.2) is 54.6 Å². The minimum atomic E-state index is -0.136. The number of rotatable bonds is 4. The van der Waals surface area contributed by atoms with E-state index >= 15 is 0 Å². The van der Waals surface area contributed by atoms with Gasteiger partial charge in [0, 0.05) is 43.5 Å². The average Bonchev–Trinajstić information content (AvgIpc) is 3.26. The Bertz CT molecular complexity index is 879. The van der Waals surface area contributed by atoms with E-state index in [0.717, 1.165) is 11.1 Å². The number of nitrogens with two attached hydrogens (primary N) is 1. The van der Waals surface area contributed by atoms with Crippen molar-refractivity contribution in [3.8, 4) is 0 Å². The molecule has 0 aliphatic carbocycles. The van der Waals surface area contributed by atoms with Crippen molar-refractivity contribution >= 4 is 17.7 Å². The maximum absolute atomic E-state index is 12.9. The molecule has 144 valence electrons. The highest BCUT2D eigenvalue weighted by atomic mass is 16.2. The molecule has 2 aromatic rings. The zero-order valence-electron chi connectivity index (χ0n) is 15.6. The van der Waals surface area contributed by atoms with Gasteiger partial charge in [0.25, 0.3) is 5.91 Å². The molecule has 2 saturated heterocycles. The van der Waals surface area contributed by atoms with Crippen LogP contribution in [0.1, 0.15) is 40.2 Å². The molecular weight excluding hydrogens is 354 g/mol. The minimum Gasteiger partial charge on any atom is -0.336 e. The van der Waals surface area contributed by atoms with E-state index in [0.29, 0.717) is 18.7 Å². The summed E-state index contributed by atoms with van der Waals surface area (Å²) in [5, 5.41) is 0. The molecule has 4 rings (SSSR count). The lowest BCUT2D eigenvalue weighted by Crippen LogP contribution is -2.32. The monoisotopic (exact) mass is 377 g/mol. The fourth-order valence-corrected chi connectivity index (χ4v) is 3.96. The molecule has 6 nitrogen and oxygen atoms in total. The second-order valence-electron chi connectivity index (χ2n) is 7.46. The van der Waals surface area contributed by atoms with Crippen LogP contribution in [-0.2, 0) is 16.1 Å². The highest BCUT2D eigenvalue weighted by Gasteiger charge is 2.34. The third kappa shape index (κ3) is 3.55. The molecule has 0 radical (unpaired) electrons. The lowest BCUT2D eigenvalue weighted by Gasteiger charge is -2.17. The summed E-state index contributed by atoms with van der Waals surface area (Å²) in [5.41, 5.74) is 8.87. The van der Waals surface area contributed by atoms with Gasteiger partial charge in [-0.3, -0.25) is 19.3 Å². The van der Waals surface area contributed by atoms with E-state index < -0.39 is 0 Å².